The van der Waals surface area contributed by atoms with Crippen LogP contribution in [0.2, 0.25) is 0 Å². The molecule has 144 valence electrons. The van der Waals surface area contributed by atoms with Gasteiger partial charge in [0.25, 0.3) is 0 Å². The second-order valence-electron chi connectivity index (χ2n) is 6.54. The minimum absolute atomic E-state index is 0. The Kier molecular flexibility index (Phi) is 7.42. The molecule has 1 heterocycles. The molecule has 0 fully saturated rings. The molecule has 0 spiro atoms. The number of aliphatic hydroxyl groups is 1. The number of H-pyrrole nitrogens is 1. The quantitative estimate of drug-likeness (QED) is 0.468. The van der Waals surface area contributed by atoms with Crippen LogP contribution in [0.15, 0.2) is 53.3 Å². The molecule has 3 aromatic rings. The molecule has 0 radical (unpaired) electrons. The first-order chi connectivity index (χ1) is 12.6. The number of nitrogens with one attached hydrogen (secondary N) is 2. The van der Waals surface area contributed by atoms with Crippen LogP contribution in [0.3, 0.4) is 0 Å². The summed E-state index contributed by atoms with van der Waals surface area (Å²) >= 11 is 0. The third-order valence-electron chi connectivity index (χ3n) is 4.66. The van der Waals surface area contributed by atoms with E-state index >= 15 is 0 Å². The first-order valence-electron chi connectivity index (χ1n) is 8.84. The van der Waals surface area contributed by atoms with Gasteiger partial charge < -0.3 is 20.5 Å². The van der Waals surface area contributed by atoms with Crippen molar-refractivity contribution in [2.24, 2.45) is 0 Å². The molecule has 1 unspecified atom stereocenters. The number of fused-ring (bicyclic) bond motifs is 1. The van der Waals surface area contributed by atoms with E-state index in [9.17, 15) is 15.0 Å². The van der Waals surface area contributed by atoms with Gasteiger partial charge in [-0.05, 0) is 55.1 Å². The third kappa shape index (κ3) is 5.10. The van der Waals surface area contributed by atoms with Crippen molar-refractivity contribution in [1.82, 2.24) is 10.3 Å². The van der Waals surface area contributed by atoms with Gasteiger partial charge in [-0.2, -0.15) is 0 Å². The number of aliphatic hydroxyl groups excluding tert-OH is 1. The molecule has 1 aromatic heterocycles. The van der Waals surface area contributed by atoms with Crippen molar-refractivity contribution in [1.29, 1.82) is 0 Å². The number of benzene rings is 2. The van der Waals surface area contributed by atoms with Gasteiger partial charge in [0.15, 0.2) is 0 Å². The summed E-state index contributed by atoms with van der Waals surface area (Å²) in [5, 5.41) is 24.3. The second kappa shape index (κ2) is 9.55. The monoisotopic (exact) mass is 388 g/mol. The number of halogens is 1. The molecule has 0 saturated heterocycles. The fraction of sp³-hybridized carbons (Fsp3) is 0.286. The molecule has 2 aromatic carbocycles. The molecule has 0 aliphatic rings. The molecule has 5 nitrogen and oxygen atoms in total. The van der Waals surface area contributed by atoms with E-state index in [4.69, 9.17) is 0 Å². The van der Waals surface area contributed by atoms with Crippen molar-refractivity contribution in [2.75, 3.05) is 13.1 Å². The zero-order valence-corrected chi connectivity index (χ0v) is 16.1. The standard InChI is InChI=1S/C21H24N2O3.ClH/c1-14-5-2-3-6-15(14)7-4-12-22-13-19(25)16-8-10-18(24)21-17(16)9-11-20(26)23-21;/h2-3,5-6,8-11,19,22,24-25H,4,7,12-13H2,1H3,(H,23,26);1H. The molecule has 4 N–H and O–H groups in total. The van der Waals surface area contributed by atoms with E-state index in [0.717, 1.165) is 19.4 Å². The zero-order chi connectivity index (χ0) is 18.5. The number of phenolic OH excluding ortho intramolecular Hbond substituents is 1. The maximum absolute atomic E-state index is 11.5. The predicted octanol–water partition coefficient (Wildman–Crippen LogP) is 3.22. The molecule has 27 heavy (non-hydrogen) atoms. The van der Waals surface area contributed by atoms with Crippen molar-refractivity contribution in [2.45, 2.75) is 25.9 Å². The number of rotatable bonds is 7. The van der Waals surface area contributed by atoms with Crippen LogP contribution in [0, 0.1) is 6.92 Å². The highest BCUT2D eigenvalue weighted by Crippen LogP contribution is 2.28. The summed E-state index contributed by atoms with van der Waals surface area (Å²) in [5.41, 5.74) is 3.41. The summed E-state index contributed by atoms with van der Waals surface area (Å²) in [4.78, 5) is 14.1. The van der Waals surface area contributed by atoms with Crippen molar-refractivity contribution in [3.63, 3.8) is 0 Å². The highest BCUT2D eigenvalue weighted by molar-refractivity contribution is 5.87. The Hall–Kier alpha value is -2.34. The Morgan fingerprint density at radius 3 is 2.67 bits per heavy atom. The van der Waals surface area contributed by atoms with Crippen molar-refractivity contribution < 1.29 is 10.2 Å². The lowest BCUT2D eigenvalue weighted by molar-refractivity contribution is 0.176. The smallest absolute Gasteiger partial charge is 0.248 e. The molecule has 3 rings (SSSR count). The van der Waals surface area contributed by atoms with Crippen molar-refractivity contribution in [3.05, 3.63) is 75.6 Å². The maximum atomic E-state index is 11.5. The van der Waals surface area contributed by atoms with Crippen LogP contribution in [-0.2, 0) is 6.42 Å². The Morgan fingerprint density at radius 1 is 1.11 bits per heavy atom. The Morgan fingerprint density at radius 2 is 1.89 bits per heavy atom. The number of hydrogen-bond acceptors (Lipinski definition) is 4. The topological polar surface area (TPSA) is 85.3 Å². The SMILES string of the molecule is Cc1ccccc1CCCNCC(O)c1ccc(O)c2[nH]c(=O)ccc12.Cl. The average Bonchev–Trinajstić information content (AvgIpc) is 2.63. The van der Waals surface area contributed by atoms with Crippen LogP contribution in [0.5, 0.6) is 5.75 Å². The summed E-state index contributed by atoms with van der Waals surface area (Å²) in [7, 11) is 0. The predicted molar refractivity (Wildman–Crippen MR) is 111 cm³/mol. The van der Waals surface area contributed by atoms with Gasteiger partial charge in [-0.15, -0.1) is 12.4 Å². The number of phenols is 1. The molecule has 0 bridgehead atoms. The van der Waals surface area contributed by atoms with Crippen molar-refractivity contribution in [3.8, 4) is 5.75 Å². The van der Waals surface area contributed by atoms with Gasteiger partial charge in [0.2, 0.25) is 5.56 Å². The summed E-state index contributed by atoms with van der Waals surface area (Å²) in [5.74, 6) is -0.000148. The Balaban J connectivity index is 0.00000261. The van der Waals surface area contributed by atoms with Crippen LogP contribution < -0.4 is 10.9 Å². The fourth-order valence-corrected chi connectivity index (χ4v) is 3.19. The molecule has 0 amide bonds. The van der Waals surface area contributed by atoms with Gasteiger partial charge in [-0.1, -0.05) is 30.3 Å². The highest BCUT2D eigenvalue weighted by Gasteiger charge is 2.13. The van der Waals surface area contributed by atoms with Gasteiger partial charge >= 0.3 is 0 Å². The van der Waals surface area contributed by atoms with Gasteiger partial charge in [0.05, 0.1) is 11.6 Å². The van der Waals surface area contributed by atoms with Gasteiger partial charge in [0.1, 0.15) is 5.75 Å². The molecule has 1 atom stereocenters. The summed E-state index contributed by atoms with van der Waals surface area (Å²) < 4.78 is 0. The van der Waals surface area contributed by atoms with Crippen LogP contribution in [0.25, 0.3) is 10.9 Å². The molecular formula is C21H25ClN2O3. The lowest BCUT2D eigenvalue weighted by Gasteiger charge is -2.15. The largest absolute Gasteiger partial charge is 0.506 e. The number of aromatic amines is 1. The average molecular weight is 389 g/mol. The van der Waals surface area contributed by atoms with E-state index in [1.165, 1.54) is 23.3 Å². The molecular weight excluding hydrogens is 364 g/mol. The van der Waals surface area contributed by atoms with E-state index in [0.29, 0.717) is 23.0 Å². The van der Waals surface area contributed by atoms with Crippen LogP contribution >= 0.6 is 12.4 Å². The van der Waals surface area contributed by atoms with Crippen LogP contribution in [-0.4, -0.2) is 28.3 Å². The normalized spacial score (nSPS) is 11.9. The minimum atomic E-state index is -0.720. The molecule has 0 saturated carbocycles. The van der Waals surface area contributed by atoms with Crippen LogP contribution in [0.4, 0.5) is 0 Å². The number of pyridine rings is 1. The summed E-state index contributed by atoms with van der Waals surface area (Å²) in [6.45, 7) is 3.33. The van der Waals surface area contributed by atoms with E-state index in [-0.39, 0.29) is 23.7 Å². The van der Waals surface area contributed by atoms with Gasteiger partial charge in [-0.3, -0.25) is 4.79 Å². The lowest BCUT2D eigenvalue weighted by Crippen LogP contribution is -2.23. The van der Waals surface area contributed by atoms with E-state index < -0.39 is 6.10 Å². The maximum Gasteiger partial charge on any atom is 0.248 e. The fourth-order valence-electron chi connectivity index (χ4n) is 3.19. The summed E-state index contributed by atoms with van der Waals surface area (Å²) in [6.07, 6.45) is 1.27. The Bertz CT molecular complexity index is 956. The van der Waals surface area contributed by atoms with E-state index in [2.05, 4.69) is 35.4 Å². The van der Waals surface area contributed by atoms with E-state index in [1.807, 2.05) is 6.07 Å². The second-order valence-corrected chi connectivity index (χ2v) is 6.54. The van der Waals surface area contributed by atoms with E-state index in [1.54, 1.807) is 12.1 Å². The highest BCUT2D eigenvalue weighted by atomic mass is 35.5. The number of hydrogen-bond donors (Lipinski definition) is 4. The van der Waals surface area contributed by atoms with Crippen LogP contribution in [0.1, 0.15) is 29.2 Å². The zero-order valence-electron chi connectivity index (χ0n) is 15.2. The number of aromatic hydroxyl groups is 1. The molecule has 0 aliphatic heterocycles. The van der Waals surface area contributed by atoms with Crippen molar-refractivity contribution >= 4 is 23.3 Å². The number of aryl methyl sites for hydroxylation is 2. The van der Waals surface area contributed by atoms with Gasteiger partial charge in [0, 0.05) is 18.0 Å². The molecule has 6 heteroatoms. The number of aromatic nitrogens is 1. The Labute approximate surface area is 164 Å². The lowest BCUT2D eigenvalue weighted by atomic mass is 10.0. The van der Waals surface area contributed by atoms with Gasteiger partial charge in [-0.25, -0.2) is 0 Å². The molecule has 0 aliphatic carbocycles. The first kappa shape index (κ1) is 21.0. The first-order valence-corrected chi connectivity index (χ1v) is 8.84. The summed E-state index contributed by atoms with van der Waals surface area (Å²) in [6, 6.07) is 14.6. The third-order valence-corrected chi connectivity index (χ3v) is 4.66. The minimum Gasteiger partial charge on any atom is -0.506 e.